The fraction of sp³-hybridized carbons (Fsp3) is 0.875. The van der Waals surface area contributed by atoms with E-state index in [4.69, 9.17) is 0 Å². The number of nitrogens with zero attached hydrogens (tertiary/aromatic N) is 1. The van der Waals surface area contributed by atoms with Gasteiger partial charge in [0.05, 0.1) is 5.54 Å². The number of carboxylic acid groups (broad SMARTS) is 1. The predicted molar refractivity (Wildman–Crippen MR) is 81.2 cm³/mol. The second-order valence-electron chi connectivity index (χ2n) is 7.09. The molecule has 1 saturated carbocycles. The highest BCUT2D eigenvalue weighted by atomic mass is 16.4. The van der Waals surface area contributed by atoms with E-state index < -0.39 is 17.7 Å². The van der Waals surface area contributed by atoms with Crippen LogP contribution < -0.4 is 5.32 Å². The summed E-state index contributed by atoms with van der Waals surface area (Å²) >= 11 is 0. The standard InChI is InChI=1S/C16H28N2O3/c1-16(2)13(14(19)17-16)18(15(20)21)11-7-6-10-12-8-4-3-5-9-12/h12-13H,3-11H2,1-2H3,(H,17,19)(H,20,21). The van der Waals surface area contributed by atoms with E-state index in [2.05, 4.69) is 5.32 Å². The minimum atomic E-state index is -0.986. The van der Waals surface area contributed by atoms with Gasteiger partial charge in [-0.05, 0) is 26.2 Å². The highest BCUT2D eigenvalue weighted by Gasteiger charge is 2.51. The molecule has 5 nitrogen and oxygen atoms in total. The summed E-state index contributed by atoms with van der Waals surface area (Å²) in [5.41, 5.74) is -0.446. The molecule has 2 rings (SSSR count). The van der Waals surface area contributed by atoms with Gasteiger partial charge in [0.15, 0.2) is 0 Å². The number of rotatable bonds is 6. The lowest BCUT2D eigenvalue weighted by atomic mass is 9.84. The van der Waals surface area contributed by atoms with Crippen molar-refractivity contribution in [1.29, 1.82) is 0 Å². The van der Waals surface area contributed by atoms with Gasteiger partial charge in [-0.1, -0.05) is 44.9 Å². The Labute approximate surface area is 127 Å². The summed E-state index contributed by atoms with van der Waals surface area (Å²) in [5.74, 6) is 0.662. The molecule has 2 aliphatic rings. The van der Waals surface area contributed by atoms with E-state index in [0.29, 0.717) is 6.54 Å². The highest BCUT2D eigenvalue weighted by molar-refractivity contribution is 5.93. The maximum atomic E-state index is 11.7. The maximum absolute atomic E-state index is 11.7. The van der Waals surface area contributed by atoms with Crippen LogP contribution in [0, 0.1) is 5.92 Å². The van der Waals surface area contributed by atoms with Crippen molar-refractivity contribution in [3.05, 3.63) is 0 Å². The number of nitrogens with one attached hydrogen (secondary N) is 1. The molecule has 120 valence electrons. The van der Waals surface area contributed by atoms with E-state index in [1.165, 1.54) is 43.4 Å². The largest absolute Gasteiger partial charge is 0.465 e. The molecule has 1 aliphatic carbocycles. The van der Waals surface area contributed by atoms with E-state index in [-0.39, 0.29) is 5.91 Å². The lowest BCUT2D eigenvalue weighted by Crippen LogP contribution is -2.75. The number of carbonyl (C=O) groups excluding carboxylic acids is 1. The number of hydrogen-bond donors (Lipinski definition) is 2. The van der Waals surface area contributed by atoms with Gasteiger partial charge in [-0.2, -0.15) is 0 Å². The highest BCUT2D eigenvalue weighted by Crippen LogP contribution is 2.29. The first kappa shape index (κ1) is 16.1. The number of unbranched alkanes of at least 4 members (excludes halogenated alkanes) is 1. The Kier molecular flexibility index (Phi) is 5.12. The molecule has 2 N–H and O–H groups in total. The molecule has 5 heteroatoms. The Morgan fingerprint density at radius 1 is 1.29 bits per heavy atom. The molecular formula is C16H28N2O3. The number of β-lactam (4-membered cyclic amide) rings is 1. The lowest BCUT2D eigenvalue weighted by Gasteiger charge is -2.48. The Bertz CT molecular complexity index is 389. The van der Waals surface area contributed by atoms with E-state index in [1.54, 1.807) is 0 Å². The van der Waals surface area contributed by atoms with E-state index >= 15 is 0 Å². The molecule has 21 heavy (non-hydrogen) atoms. The van der Waals surface area contributed by atoms with Crippen molar-refractivity contribution in [3.8, 4) is 0 Å². The zero-order valence-corrected chi connectivity index (χ0v) is 13.2. The quantitative estimate of drug-likeness (QED) is 0.585. The predicted octanol–water partition coefficient (Wildman–Crippen LogP) is 2.99. The third-order valence-electron chi connectivity index (χ3n) is 4.92. The Hall–Kier alpha value is -1.26. The Morgan fingerprint density at radius 2 is 1.95 bits per heavy atom. The van der Waals surface area contributed by atoms with Crippen LogP contribution >= 0.6 is 0 Å². The molecule has 0 radical (unpaired) electrons. The van der Waals surface area contributed by atoms with Crippen molar-refractivity contribution in [2.24, 2.45) is 5.92 Å². The van der Waals surface area contributed by atoms with Gasteiger partial charge in [-0.3, -0.25) is 9.69 Å². The molecule has 1 aliphatic heterocycles. The molecule has 0 spiro atoms. The van der Waals surface area contributed by atoms with Crippen molar-refractivity contribution >= 4 is 12.0 Å². The average Bonchev–Trinajstić information content (AvgIpc) is 2.42. The van der Waals surface area contributed by atoms with Gasteiger partial charge < -0.3 is 10.4 Å². The van der Waals surface area contributed by atoms with Crippen LogP contribution in [0.1, 0.15) is 65.2 Å². The van der Waals surface area contributed by atoms with Gasteiger partial charge >= 0.3 is 6.09 Å². The number of carbonyl (C=O) groups is 2. The maximum Gasteiger partial charge on any atom is 0.408 e. The summed E-state index contributed by atoms with van der Waals surface area (Å²) in [6.07, 6.45) is 8.86. The van der Waals surface area contributed by atoms with Gasteiger partial charge in [-0.15, -0.1) is 0 Å². The van der Waals surface area contributed by atoms with Crippen LogP contribution in [0.15, 0.2) is 0 Å². The molecule has 2 amide bonds. The molecule has 0 aromatic rings. The fourth-order valence-corrected chi connectivity index (χ4v) is 3.76. The second-order valence-corrected chi connectivity index (χ2v) is 7.09. The van der Waals surface area contributed by atoms with Gasteiger partial charge in [0, 0.05) is 6.54 Å². The van der Waals surface area contributed by atoms with Gasteiger partial charge in [0.2, 0.25) is 5.91 Å². The van der Waals surface area contributed by atoms with Gasteiger partial charge in [0.1, 0.15) is 6.04 Å². The van der Waals surface area contributed by atoms with E-state index in [0.717, 1.165) is 18.8 Å². The molecule has 1 heterocycles. The SMILES string of the molecule is CC1(C)NC(=O)C1N(CCCCC1CCCCC1)C(=O)O. The first-order valence-electron chi connectivity index (χ1n) is 8.23. The van der Waals surface area contributed by atoms with Crippen LogP contribution in [0.3, 0.4) is 0 Å². The third-order valence-corrected chi connectivity index (χ3v) is 4.92. The van der Waals surface area contributed by atoms with Crippen LogP contribution in [-0.4, -0.2) is 40.1 Å². The molecule has 0 aromatic heterocycles. The molecule has 0 bridgehead atoms. The topological polar surface area (TPSA) is 69.6 Å². The van der Waals surface area contributed by atoms with Gasteiger partial charge in [0.25, 0.3) is 0 Å². The summed E-state index contributed by atoms with van der Waals surface area (Å²) in [4.78, 5) is 24.4. The number of hydrogen-bond acceptors (Lipinski definition) is 2. The first-order valence-corrected chi connectivity index (χ1v) is 8.23. The Morgan fingerprint density at radius 3 is 2.48 bits per heavy atom. The van der Waals surface area contributed by atoms with Crippen LogP contribution in [0.25, 0.3) is 0 Å². The summed E-state index contributed by atoms with van der Waals surface area (Å²) in [6.45, 7) is 4.21. The van der Waals surface area contributed by atoms with E-state index in [1.807, 2.05) is 13.8 Å². The zero-order valence-electron chi connectivity index (χ0n) is 13.2. The smallest absolute Gasteiger partial charge is 0.408 e. The second kappa shape index (κ2) is 6.67. The Balaban J connectivity index is 1.75. The zero-order chi connectivity index (χ0) is 15.5. The van der Waals surface area contributed by atoms with Crippen LogP contribution in [0.5, 0.6) is 0 Å². The number of amides is 2. The summed E-state index contributed by atoms with van der Waals surface area (Å²) < 4.78 is 0. The van der Waals surface area contributed by atoms with Crippen molar-refractivity contribution in [3.63, 3.8) is 0 Å². The lowest BCUT2D eigenvalue weighted by molar-refractivity contribution is -0.141. The molecule has 1 unspecified atom stereocenters. The van der Waals surface area contributed by atoms with E-state index in [9.17, 15) is 14.7 Å². The average molecular weight is 296 g/mol. The third kappa shape index (κ3) is 3.89. The van der Waals surface area contributed by atoms with Crippen molar-refractivity contribution in [2.45, 2.75) is 76.8 Å². The molecule has 0 aromatic carbocycles. The minimum Gasteiger partial charge on any atom is -0.465 e. The summed E-state index contributed by atoms with van der Waals surface area (Å²) in [7, 11) is 0. The fourth-order valence-electron chi connectivity index (χ4n) is 3.76. The molecule has 2 fully saturated rings. The first-order chi connectivity index (χ1) is 9.92. The minimum absolute atomic E-state index is 0.172. The van der Waals surface area contributed by atoms with Crippen molar-refractivity contribution in [2.75, 3.05) is 6.54 Å². The summed E-state index contributed by atoms with van der Waals surface area (Å²) in [5, 5.41) is 12.1. The molecular weight excluding hydrogens is 268 g/mol. The summed E-state index contributed by atoms with van der Waals surface area (Å²) in [6, 6.07) is -0.537. The van der Waals surface area contributed by atoms with Crippen LogP contribution in [0.4, 0.5) is 4.79 Å². The van der Waals surface area contributed by atoms with Gasteiger partial charge in [-0.25, -0.2) is 4.79 Å². The monoisotopic (exact) mass is 296 g/mol. The van der Waals surface area contributed by atoms with Crippen LogP contribution in [-0.2, 0) is 4.79 Å². The van der Waals surface area contributed by atoms with Crippen LogP contribution in [0.2, 0.25) is 0 Å². The molecule has 1 atom stereocenters. The van der Waals surface area contributed by atoms with Crippen molar-refractivity contribution < 1.29 is 14.7 Å². The van der Waals surface area contributed by atoms with Crippen molar-refractivity contribution in [1.82, 2.24) is 10.2 Å². The normalized spacial score (nSPS) is 25.0. The molecule has 1 saturated heterocycles.